The third-order valence-corrected chi connectivity index (χ3v) is 4.26. The van der Waals surface area contributed by atoms with Gasteiger partial charge in [-0.2, -0.15) is 5.26 Å². The molecule has 4 aromatic rings. The lowest BCUT2D eigenvalue weighted by Gasteiger charge is -2.02. The average molecular weight is 381 g/mol. The quantitative estimate of drug-likeness (QED) is 0.501. The van der Waals surface area contributed by atoms with E-state index in [2.05, 4.69) is 4.98 Å². The molecule has 0 N–H and O–H groups in total. The van der Waals surface area contributed by atoms with Gasteiger partial charge in [-0.3, -0.25) is 4.57 Å². The van der Waals surface area contributed by atoms with E-state index >= 15 is 0 Å². The third-order valence-electron chi connectivity index (χ3n) is 4.04. The van der Waals surface area contributed by atoms with Crippen LogP contribution in [0.5, 0.6) is 0 Å². The number of hydrogen-bond acceptors (Lipinski definition) is 5. The average Bonchev–Trinajstić information content (AvgIpc) is 3.36. The Hall–Kier alpha value is -3.50. The van der Waals surface area contributed by atoms with Crippen molar-refractivity contribution in [3.63, 3.8) is 0 Å². The number of furan rings is 1. The van der Waals surface area contributed by atoms with Gasteiger partial charge in [-0.1, -0.05) is 11.6 Å². The van der Waals surface area contributed by atoms with Gasteiger partial charge in [0.15, 0.2) is 0 Å². The second-order valence-corrected chi connectivity index (χ2v) is 6.27. The number of aromatic nitrogens is 3. The van der Waals surface area contributed by atoms with Gasteiger partial charge >= 0.3 is 5.97 Å². The Morgan fingerprint density at radius 3 is 2.85 bits per heavy atom. The van der Waals surface area contributed by atoms with Gasteiger partial charge in [0.25, 0.3) is 0 Å². The van der Waals surface area contributed by atoms with E-state index in [1.54, 1.807) is 64.9 Å². The van der Waals surface area contributed by atoms with Crippen LogP contribution in [0.2, 0.25) is 5.02 Å². The minimum absolute atomic E-state index is 0.0352. The second-order valence-electron chi connectivity index (χ2n) is 5.84. The Labute approximate surface area is 159 Å². The topological polar surface area (TPSA) is 85.5 Å². The van der Waals surface area contributed by atoms with E-state index in [4.69, 9.17) is 20.8 Å². The SMILES string of the molecule is Cc1oc(-n2cccc2)c(C#N)c1C(=O)OCc1cn2cc(Cl)ccc2n1. The van der Waals surface area contributed by atoms with Crippen molar-refractivity contribution < 1.29 is 13.9 Å². The molecule has 4 heterocycles. The Kier molecular flexibility index (Phi) is 4.18. The third kappa shape index (κ3) is 3.07. The summed E-state index contributed by atoms with van der Waals surface area (Å²) in [5, 5.41) is 10.1. The highest BCUT2D eigenvalue weighted by Crippen LogP contribution is 2.26. The number of imidazole rings is 1. The molecule has 0 fully saturated rings. The van der Waals surface area contributed by atoms with Gasteiger partial charge in [-0.05, 0) is 31.2 Å². The van der Waals surface area contributed by atoms with Crippen molar-refractivity contribution in [1.82, 2.24) is 14.0 Å². The zero-order chi connectivity index (χ0) is 19.0. The van der Waals surface area contributed by atoms with Crippen molar-refractivity contribution in [3.05, 3.63) is 76.7 Å². The summed E-state index contributed by atoms with van der Waals surface area (Å²) in [5.74, 6) is -0.0300. The van der Waals surface area contributed by atoms with Crippen molar-refractivity contribution >= 4 is 23.2 Å². The normalized spacial score (nSPS) is 10.9. The fourth-order valence-corrected chi connectivity index (χ4v) is 3.00. The van der Waals surface area contributed by atoms with E-state index < -0.39 is 5.97 Å². The molecule has 0 aliphatic rings. The largest absolute Gasteiger partial charge is 0.455 e. The first-order valence-electron chi connectivity index (χ1n) is 8.04. The van der Waals surface area contributed by atoms with Crippen LogP contribution in [0.3, 0.4) is 0 Å². The number of hydrogen-bond donors (Lipinski definition) is 0. The molecule has 0 amide bonds. The Morgan fingerprint density at radius 2 is 2.11 bits per heavy atom. The van der Waals surface area contributed by atoms with Gasteiger partial charge in [0.2, 0.25) is 5.88 Å². The summed E-state index contributed by atoms with van der Waals surface area (Å²) >= 11 is 5.95. The molecular formula is C19H13ClN4O3. The maximum Gasteiger partial charge on any atom is 0.343 e. The van der Waals surface area contributed by atoms with E-state index in [9.17, 15) is 10.1 Å². The number of esters is 1. The fraction of sp³-hybridized carbons (Fsp3) is 0.105. The van der Waals surface area contributed by atoms with Crippen molar-refractivity contribution in [2.24, 2.45) is 0 Å². The molecule has 134 valence electrons. The highest BCUT2D eigenvalue weighted by molar-refractivity contribution is 6.30. The lowest BCUT2D eigenvalue weighted by Crippen LogP contribution is -2.08. The summed E-state index contributed by atoms with van der Waals surface area (Å²) in [4.78, 5) is 16.9. The number of pyridine rings is 1. The number of aryl methyl sites for hydroxylation is 1. The number of ether oxygens (including phenoxy) is 1. The maximum absolute atomic E-state index is 12.6. The molecule has 0 aliphatic heterocycles. The van der Waals surface area contributed by atoms with Gasteiger partial charge in [-0.25, -0.2) is 9.78 Å². The van der Waals surface area contributed by atoms with Crippen molar-refractivity contribution in [2.75, 3.05) is 0 Å². The van der Waals surface area contributed by atoms with Crippen LogP contribution in [-0.4, -0.2) is 19.9 Å². The van der Waals surface area contributed by atoms with Crippen LogP contribution in [0, 0.1) is 18.3 Å². The van der Waals surface area contributed by atoms with Gasteiger partial charge in [-0.15, -0.1) is 0 Å². The van der Waals surface area contributed by atoms with Crippen LogP contribution < -0.4 is 0 Å². The Morgan fingerprint density at radius 1 is 1.33 bits per heavy atom. The fourth-order valence-electron chi connectivity index (χ4n) is 2.83. The molecule has 0 saturated heterocycles. The molecule has 0 radical (unpaired) electrons. The summed E-state index contributed by atoms with van der Waals surface area (Å²) in [6, 6.07) is 9.13. The monoisotopic (exact) mass is 380 g/mol. The first-order valence-corrected chi connectivity index (χ1v) is 8.41. The minimum atomic E-state index is -0.638. The molecule has 4 rings (SSSR count). The highest BCUT2D eigenvalue weighted by Gasteiger charge is 2.25. The van der Waals surface area contributed by atoms with Crippen LogP contribution >= 0.6 is 11.6 Å². The molecule has 0 aliphatic carbocycles. The molecule has 0 atom stereocenters. The van der Waals surface area contributed by atoms with Crippen LogP contribution in [0.4, 0.5) is 0 Å². The van der Waals surface area contributed by atoms with Crippen molar-refractivity contribution in [2.45, 2.75) is 13.5 Å². The maximum atomic E-state index is 12.6. The molecule has 0 spiro atoms. The molecule has 0 bridgehead atoms. The molecule has 27 heavy (non-hydrogen) atoms. The van der Waals surface area contributed by atoms with Gasteiger partial charge in [0.1, 0.15) is 35.2 Å². The van der Waals surface area contributed by atoms with Gasteiger partial charge in [0.05, 0.1) is 10.7 Å². The highest BCUT2D eigenvalue weighted by atomic mass is 35.5. The summed E-state index contributed by atoms with van der Waals surface area (Å²) in [5.41, 5.74) is 1.51. The van der Waals surface area contributed by atoms with E-state index in [1.807, 2.05) is 6.07 Å². The number of nitrogens with zero attached hydrogens (tertiary/aromatic N) is 4. The number of carbonyl (C=O) groups is 1. The zero-order valence-corrected chi connectivity index (χ0v) is 15.0. The number of fused-ring (bicyclic) bond motifs is 1. The van der Waals surface area contributed by atoms with E-state index in [0.29, 0.717) is 22.1 Å². The van der Waals surface area contributed by atoms with Gasteiger partial charge < -0.3 is 13.6 Å². The summed E-state index contributed by atoms with van der Waals surface area (Å²) in [6.07, 6.45) is 6.91. The van der Waals surface area contributed by atoms with Crippen LogP contribution in [-0.2, 0) is 11.3 Å². The predicted molar refractivity (Wildman–Crippen MR) is 96.8 cm³/mol. The van der Waals surface area contributed by atoms with Crippen molar-refractivity contribution in [3.8, 4) is 12.0 Å². The van der Waals surface area contributed by atoms with E-state index in [-0.39, 0.29) is 23.6 Å². The summed E-state index contributed by atoms with van der Waals surface area (Å²) < 4.78 is 14.4. The summed E-state index contributed by atoms with van der Waals surface area (Å²) in [7, 11) is 0. The molecule has 0 unspecified atom stereocenters. The molecule has 0 aromatic carbocycles. The Bertz CT molecular complexity index is 1180. The second kappa shape index (κ2) is 6.67. The lowest BCUT2D eigenvalue weighted by molar-refractivity contribution is 0.0466. The summed E-state index contributed by atoms with van der Waals surface area (Å²) in [6.45, 7) is 1.59. The van der Waals surface area contributed by atoms with Crippen LogP contribution in [0.1, 0.15) is 27.4 Å². The number of rotatable bonds is 4. The first-order chi connectivity index (χ1) is 13.1. The Balaban J connectivity index is 1.58. The molecule has 4 aromatic heterocycles. The number of carbonyl (C=O) groups excluding carboxylic acids is 1. The van der Waals surface area contributed by atoms with Crippen LogP contribution in [0.15, 0.2) is 53.5 Å². The van der Waals surface area contributed by atoms with Crippen molar-refractivity contribution in [1.29, 1.82) is 5.26 Å². The predicted octanol–water partition coefficient (Wildman–Crippen LogP) is 3.91. The molecule has 0 saturated carbocycles. The van der Waals surface area contributed by atoms with E-state index in [0.717, 1.165) is 0 Å². The zero-order valence-electron chi connectivity index (χ0n) is 14.2. The smallest absolute Gasteiger partial charge is 0.343 e. The number of halogens is 1. The van der Waals surface area contributed by atoms with E-state index in [1.165, 1.54) is 0 Å². The first kappa shape index (κ1) is 16.9. The van der Waals surface area contributed by atoms with Gasteiger partial charge in [0, 0.05) is 24.8 Å². The molecular weight excluding hydrogens is 368 g/mol. The molecule has 7 nitrogen and oxygen atoms in total. The minimum Gasteiger partial charge on any atom is -0.455 e. The lowest BCUT2D eigenvalue weighted by atomic mass is 10.1. The number of nitriles is 1. The molecule has 8 heteroatoms. The van der Waals surface area contributed by atoms with Crippen LogP contribution in [0.25, 0.3) is 11.5 Å². The standard InChI is InChI=1S/C19H13ClN4O3/c1-12-17(15(8-21)18(27-12)23-6-2-3-7-23)19(25)26-11-14-10-24-9-13(20)4-5-16(24)22-14/h2-7,9-10H,11H2,1H3.